The molecule has 2 fully saturated rings. The van der Waals surface area contributed by atoms with Gasteiger partial charge in [-0.15, -0.1) is 0 Å². The number of aromatic hydroxyl groups is 2. The van der Waals surface area contributed by atoms with Crippen LogP contribution in [0.4, 0.5) is 0 Å². The fourth-order valence-electron chi connectivity index (χ4n) is 3.62. The molecule has 0 bridgehead atoms. The van der Waals surface area contributed by atoms with Crippen molar-refractivity contribution < 1.29 is 42.9 Å². The molecule has 1 saturated carbocycles. The number of hydrogen-bond donors (Lipinski definition) is 2. The van der Waals surface area contributed by atoms with Crippen LogP contribution in [0.25, 0.3) is 0 Å². The van der Waals surface area contributed by atoms with Crippen LogP contribution >= 0.6 is 0 Å². The standard InChI is InChI=1S/C20H22N2O2.C2H4O2.Cr/c23-19-11-5-1-7-15(19)13-21-17-9-3-4-10-18(17)22-14-16-8-2-6-12-20(16)24;1-2(3)4;/h1-2,5-8,11-14,17-18,23-24H,3-4,9-10H2;1H3,(H,3,4);/q;;+2/p-1/t17-,18-;;/m1../s1. The fourth-order valence-corrected chi connectivity index (χ4v) is 5.61. The third-order valence-corrected chi connectivity index (χ3v) is 6.71. The molecule has 2 aliphatic rings. The van der Waals surface area contributed by atoms with Gasteiger partial charge in [0.25, 0.3) is 0 Å². The molecule has 1 heterocycles. The molecule has 1 aliphatic heterocycles. The maximum atomic E-state index is 10.1. The molecule has 1 aliphatic carbocycles. The van der Waals surface area contributed by atoms with Gasteiger partial charge >= 0.3 is 154 Å². The molecule has 2 N–H and O–H groups in total. The molecule has 152 valence electrons. The first kappa shape index (κ1) is 21.1. The van der Waals surface area contributed by atoms with Crippen molar-refractivity contribution >= 4 is 18.4 Å². The number of benzene rings is 2. The van der Waals surface area contributed by atoms with Crippen molar-refractivity contribution in [3.05, 3.63) is 59.7 Å². The summed E-state index contributed by atoms with van der Waals surface area (Å²) in [6, 6.07) is 16.0. The molecule has 1 saturated heterocycles. The number of hydrogen-bond acceptors (Lipinski definition) is 4. The molecular weight excluding hydrogens is 408 g/mol. The summed E-state index contributed by atoms with van der Waals surface area (Å²) in [4.78, 5) is 8.89. The molecule has 0 aromatic heterocycles. The molecule has 2 atom stereocenters. The van der Waals surface area contributed by atoms with Gasteiger partial charge in [0.1, 0.15) is 0 Å². The van der Waals surface area contributed by atoms with Gasteiger partial charge in [-0.3, -0.25) is 0 Å². The summed E-state index contributed by atoms with van der Waals surface area (Å²) in [6.45, 7) is 0.972. The molecule has 7 heteroatoms. The van der Waals surface area contributed by atoms with Gasteiger partial charge in [0.15, 0.2) is 0 Å². The molecular formula is C22H25CrN2O4+. The van der Waals surface area contributed by atoms with Crippen LogP contribution in [0.3, 0.4) is 0 Å². The number of para-hydroxylation sites is 2. The van der Waals surface area contributed by atoms with Crippen LogP contribution in [0, 0.1) is 0 Å². The average Bonchev–Trinajstić information content (AvgIpc) is 3.03. The van der Waals surface area contributed by atoms with Crippen molar-refractivity contribution in [1.29, 1.82) is 0 Å². The molecule has 0 unspecified atom stereocenters. The second kappa shape index (κ2) is 9.73. The number of carboxylic acid groups (broad SMARTS) is 1. The van der Waals surface area contributed by atoms with E-state index in [0.29, 0.717) is 23.6 Å². The van der Waals surface area contributed by atoms with Crippen molar-refractivity contribution in [2.24, 2.45) is 0 Å². The zero-order chi connectivity index (χ0) is 20.8. The van der Waals surface area contributed by atoms with E-state index < -0.39 is 5.97 Å². The van der Waals surface area contributed by atoms with Gasteiger partial charge in [-0.05, 0) is 6.92 Å². The van der Waals surface area contributed by atoms with Gasteiger partial charge in [0.05, 0.1) is 0 Å². The van der Waals surface area contributed by atoms with Crippen LogP contribution in [0.15, 0.2) is 48.5 Å². The normalized spacial score (nSPS) is 23.3. The third-order valence-electron chi connectivity index (χ3n) is 4.94. The Morgan fingerprint density at radius 2 is 1.31 bits per heavy atom. The quantitative estimate of drug-likeness (QED) is 0.754. The van der Waals surface area contributed by atoms with E-state index in [0.717, 1.165) is 18.1 Å². The van der Waals surface area contributed by atoms with Crippen molar-refractivity contribution in [3.63, 3.8) is 0 Å². The number of nitrogens with zero attached hydrogens (tertiary/aromatic N) is 2. The second-order valence-corrected chi connectivity index (χ2v) is 8.66. The Bertz CT molecular complexity index is 868. The molecule has 4 rings (SSSR count). The summed E-state index contributed by atoms with van der Waals surface area (Å²) in [6.07, 6.45) is 9.09. The van der Waals surface area contributed by atoms with Gasteiger partial charge < -0.3 is 9.90 Å². The van der Waals surface area contributed by atoms with Crippen molar-refractivity contribution in [3.8, 4) is 11.5 Å². The van der Waals surface area contributed by atoms with Crippen LogP contribution in [0.5, 0.6) is 11.5 Å². The number of carbonyl (C=O) groups is 1. The summed E-state index contributed by atoms with van der Waals surface area (Å²) in [7, 11) is 0. The summed E-state index contributed by atoms with van der Waals surface area (Å²) >= 11 is 0.115. The van der Waals surface area contributed by atoms with Crippen LogP contribution in [-0.4, -0.2) is 47.8 Å². The molecule has 0 spiro atoms. The summed E-state index contributed by atoms with van der Waals surface area (Å²) < 4.78 is 4.81. The first-order valence-electron chi connectivity index (χ1n) is 9.64. The Hall–Kier alpha value is -2.62. The van der Waals surface area contributed by atoms with Gasteiger partial charge in [0.2, 0.25) is 0 Å². The average molecular weight is 433 g/mol. The van der Waals surface area contributed by atoms with E-state index in [1.54, 1.807) is 12.1 Å². The van der Waals surface area contributed by atoms with Gasteiger partial charge in [0, 0.05) is 5.97 Å². The first-order chi connectivity index (χ1) is 14.0. The van der Waals surface area contributed by atoms with Crippen molar-refractivity contribution in [2.45, 2.75) is 44.7 Å². The predicted molar refractivity (Wildman–Crippen MR) is 104 cm³/mol. The minimum atomic E-state index is -1.08. The zero-order valence-corrected chi connectivity index (χ0v) is 17.5. The van der Waals surface area contributed by atoms with E-state index in [4.69, 9.17) is 9.90 Å². The predicted octanol–water partition coefficient (Wildman–Crippen LogP) is 1.65. The van der Waals surface area contributed by atoms with Crippen LogP contribution in [-0.2, 0) is 20.5 Å². The van der Waals surface area contributed by atoms with E-state index in [-0.39, 0.29) is 15.7 Å². The number of phenols is 2. The van der Waals surface area contributed by atoms with Crippen molar-refractivity contribution in [2.75, 3.05) is 0 Å². The summed E-state index contributed by atoms with van der Waals surface area (Å²) in [5.41, 5.74) is 1.75. The van der Waals surface area contributed by atoms with E-state index in [9.17, 15) is 10.2 Å². The number of carboxylic acids is 1. The number of fused-ring (bicyclic) bond motifs is 1. The van der Waals surface area contributed by atoms with Crippen LogP contribution in [0.1, 0.15) is 43.7 Å². The van der Waals surface area contributed by atoms with E-state index >= 15 is 0 Å². The Morgan fingerprint density at radius 3 is 1.69 bits per heavy atom. The monoisotopic (exact) mass is 433 g/mol. The second-order valence-electron chi connectivity index (χ2n) is 7.09. The van der Waals surface area contributed by atoms with E-state index in [1.165, 1.54) is 25.7 Å². The van der Waals surface area contributed by atoms with Gasteiger partial charge in [-0.2, -0.15) is 0 Å². The summed E-state index contributed by atoms with van der Waals surface area (Å²) in [5.74, 6) is -0.428. The fraction of sp³-hybridized carbons (Fsp3) is 0.318. The third kappa shape index (κ3) is 5.47. The van der Waals surface area contributed by atoms with Crippen molar-refractivity contribution in [1.82, 2.24) is 0 Å². The topological polar surface area (TPSA) is 86.6 Å². The first-order valence-corrected chi connectivity index (χ1v) is 10.8. The van der Waals surface area contributed by atoms with Gasteiger partial charge in [-0.25, -0.2) is 0 Å². The molecule has 0 radical (unpaired) electrons. The maximum absolute atomic E-state index is 10.1. The Balaban J connectivity index is 0.000000552. The van der Waals surface area contributed by atoms with E-state index in [2.05, 4.69) is 19.5 Å². The van der Waals surface area contributed by atoms with Crippen LogP contribution < -0.4 is 5.11 Å². The Labute approximate surface area is 177 Å². The zero-order valence-electron chi connectivity index (χ0n) is 16.3. The summed E-state index contributed by atoms with van der Waals surface area (Å²) in [5, 5.41) is 29.1. The van der Waals surface area contributed by atoms with Crippen LogP contribution in [0.2, 0.25) is 0 Å². The number of aliphatic carboxylic acids is 1. The number of rotatable bonds is 2. The number of phenolic OH excluding ortho intramolecular Hbond substituents is 2. The Morgan fingerprint density at radius 1 is 0.931 bits per heavy atom. The molecule has 29 heavy (non-hydrogen) atoms. The SMILES string of the molecule is CC(=O)[O-].Oc1ccccc1C=[N+]1[Cr][N+](=Cc2ccccc2O)[C@@H]2CCCC[C@H]21. The number of carbonyl (C=O) groups excluding carboxylic acids is 1. The molecule has 0 amide bonds. The Kier molecular flexibility index (Phi) is 7.08. The van der Waals surface area contributed by atoms with Gasteiger partial charge in [-0.1, -0.05) is 0 Å². The molecule has 2 aromatic carbocycles. The molecule has 6 nitrogen and oxygen atoms in total. The van der Waals surface area contributed by atoms with E-state index in [1.807, 2.05) is 36.4 Å². The molecule has 2 aromatic rings. The minimum absolute atomic E-state index is 0.115.